The number of carbonyl (C=O) groups is 1. The van der Waals surface area contributed by atoms with E-state index in [0.717, 1.165) is 50.0 Å². The first-order chi connectivity index (χ1) is 18.0. The van der Waals surface area contributed by atoms with Crippen molar-refractivity contribution in [2.45, 2.75) is 74.4 Å². The standard InChI is InChI=1S/C28H35F2N5O2S/c1-19-16-24(32-25(17-19)35-14-10-28(29,30)11-15-35)33-26(36)22-5-4-21(38(31,37)20-2-3-20)18-23(22)34-12-8-27(6-7-27)9-13-34/h4-5,16-18,20,31H,2-3,6-15H2,1H3,(H,32,33,36). The van der Waals surface area contributed by atoms with Crippen molar-refractivity contribution in [3.63, 3.8) is 0 Å². The van der Waals surface area contributed by atoms with Gasteiger partial charge in [-0.15, -0.1) is 0 Å². The maximum absolute atomic E-state index is 13.7. The van der Waals surface area contributed by atoms with Crippen LogP contribution in [0.15, 0.2) is 35.2 Å². The zero-order valence-electron chi connectivity index (χ0n) is 21.8. The maximum atomic E-state index is 13.7. The number of halogens is 2. The van der Waals surface area contributed by atoms with Gasteiger partial charge in [-0.05, 0) is 86.8 Å². The lowest BCUT2D eigenvalue weighted by Crippen LogP contribution is -2.39. The fraction of sp³-hybridized carbons (Fsp3) is 0.571. The highest BCUT2D eigenvalue weighted by molar-refractivity contribution is 7.93. The summed E-state index contributed by atoms with van der Waals surface area (Å²) in [6.45, 7) is 3.99. The van der Waals surface area contributed by atoms with Crippen LogP contribution in [-0.2, 0) is 9.73 Å². The second-order valence-corrected chi connectivity index (χ2v) is 14.0. The largest absolute Gasteiger partial charge is 0.371 e. The van der Waals surface area contributed by atoms with E-state index >= 15 is 0 Å². The van der Waals surface area contributed by atoms with Crippen LogP contribution in [0, 0.1) is 17.1 Å². The van der Waals surface area contributed by atoms with Gasteiger partial charge in [0, 0.05) is 49.2 Å². The van der Waals surface area contributed by atoms with E-state index in [9.17, 15) is 17.8 Å². The molecule has 3 heterocycles. The summed E-state index contributed by atoms with van der Waals surface area (Å²) in [5.41, 5.74) is 2.53. The van der Waals surface area contributed by atoms with Crippen LogP contribution in [0.4, 0.5) is 26.1 Å². The highest BCUT2D eigenvalue weighted by atomic mass is 32.2. The predicted octanol–water partition coefficient (Wildman–Crippen LogP) is 5.83. The molecule has 1 aromatic carbocycles. The predicted molar refractivity (Wildman–Crippen MR) is 145 cm³/mol. The highest BCUT2D eigenvalue weighted by Gasteiger charge is 2.45. The zero-order valence-corrected chi connectivity index (χ0v) is 22.6. The molecule has 7 nitrogen and oxygen atoms in total. The first-order valence-electron chi connectivity index (χ1n) is 13.6. The van der Waals surface area contributed by atoms with Gasteiger partial charge in [0.25, 0.3) is 11.8 Å². The molecule has 1 aromatic heterocycles. The first kappa shape index (κ1) is 25.5. The topological polar surface area (TPSA) is 89.4 Å². The zero-order chi connectivity index (χ0) is 26.7. The van der Waals surface area contributed by atoms with Gasteiger partial charge in [0.05, 0.1) is 21.0 Å². The molecule has 2 saturated heterocycles. The maximum Gasteiger partial charge on any atom is 0.258 e. The van der Waals surface area contributed by atoms with E-state index in [1.165, 1.54) is 12.8 Å². The van der Waals surface area contributed by atoms with Crippen LogP contribution in [-0.4, -0.2) is 52.5 Å². The summed E-state index contributed by atoms with van der Waals surface area (Å²) in [4.78, 5) is 22.7. The van der Waals surface area contributed by atoms with Gasteiger partial charge < -0.3 is 15.1 Å². The molecule has 4 aliphatic rings. The van der Waals surface area contributed by atoms with E-state index in [4.69, 9.17) is 4.78 Å². The summed E-state index contributed by atoms with van der Waals surface area (Å²) < 4.78 is 49.1. The van der Waals surface area contributed by atoms with Crippen LogP contribution in [0.2, 0.25) is 0 Å². The molecule has 1 amide bonds. The molecule has 2 aliphatic heterocycles. The number of hydrogen-bond acceptors (Lipinski definition) is 6. The molecule has 2 aromatic rings. The normalized spacial score (nSPS) is 23.7. The minimum atomic E-state index is -2.90. The molecule has 2 N–H and O–H groups in total. The van der Waals surface area contributed by atoms with Crippen LogP contribution in [0.3, 0.4) is 0 Å². The Kier molecular flexibility index (Phi) is 6.16. The van der Waals surface area contributed by atoms with Crippen LogP contribution in [0.1, 0.15) is 67.3 Å². The van der Waals surface area contributed by atoms with Gasteiger partial charge in [-0.1, -0.05) is 0 Å². The lowest BCUT2D eigenvalue weighted by Gasteiger charge is -2.35. The number of nitrogens with zero attached hydrogens (tertiary/aromatic N) is 3. The number of aryl methyl sites for hydroxylation is 1. The SMILES string of the molecule is Cc1cc(NC(=O)c2ccc(S(=N)(=O)C3CC3)cc2N2CCC3(CC2)CC3)nc(N2CCC(F)(F)CC2)c1. The number of piperidine rings is 2. The molecule has 10 heteroatoms. The lowest BCUT2D eigenvalue weighted by molar-refractivity contribution is -0.0221. The summed E-state index contributed by atoms with van der Waals surface area (Å²) in [5.74, 6) is -2.02. The fourth-order valence-electron chi connectivity index (χ4n) is 5.77. The number of hydrogen-bond donors (Lipinski definition) is 2. The molecule has 2 saturated carbocycles. The van der Waals surface area contributed by atoms with Crippen molar-refractivity contribution in [3.8, 4) is 0 Å². The Bertz CT molecular complexity index is 1350. The van der Waals surface area contributed by atoms with Crippen LogP contribution >= 0.6 is 0 Å². The van der Waals surface area contributed by atoms with Gasteiger partial charge in [-0.25, -0.2) is 22.8 Å². The molecule has 38 heavy (non-hydrogen) atoms. The monoisotopic (exact) mass is 543 g/mol. The third-order valence-corrected chi connectivity index (χ3v) is 11.1. The molecule has 1 spiro atoms. The number of nitrogens with one attached hydrogen (secondary N) is 2. The Morgan fingerprint density at radius 3 is 2.29 bits per heavy atom. The van der Waals surface area contributed by atoms with E-state index in [-0.39, 0.29) is 37.1 Å². The van der Waals surface area contributed by atoms with Gasteiger partial charge in [0.15, 0.2) is 0 Å². The molecule has 2 aliphatic carbocycles. The molecule has 0 radical (unpaired) electrons. The van der Waals surface area contributed by atoms with Crippen LogP contribution in [0.5, 0.6) is 0 Å². The van der Waals surface area contributed by atoms with E-state index in [0.29, 0.717) is 27.5 Å². The van der Waals surface area contributed by atoms with Gasteiger partial charge in [0.1, 0.15) is 11.6 Å². The van der Waals surface area contributed by atoms with Crippen molar-refractivity contribution in [1.82, 2.24) is 4.98 Å². The van der Waals surface area contributed by atoms with Crippen molar-refractivity contribution in [1.29, 1.82) is 4.78 Å². The first-order valence-corrected chi connectivity index (χ1v) is 15.3. The molecule has 6 rings (SSSR count). The minimum absolute atomic E-state index is 0.101. The molecule has 4 fully saturated rings. The Hall–Kier alpha value is -2.75. The third kappa shape index (κ3) is 5.11. The Labute approximate surface area is 223 Å². The smallest absolute Gasteiger partial charge is 0.258 e. The minimum Gasteiger partial charge on any atom is -0.371 e. The van der Waals surface area contributed by atoms with E-state index < -0.39 is 15.7 Å². The summed E-state index contributed by atoms with van der Waals surface area (Å²) in [6.07, 6.45) is 5.89. The lowest BCUT2D eigenvalue weighted by atomic mass is 9.93. The quantitative estimate of drug-likeness (QED) is 0.479. The molecule has 0 bridgehead atoms. The summed E-state index contributed by atoms with van der Waals surface area (Å²) in [5, 5.41) is 2.83. The highest BCUT2D eigenvalue weighted by Crippen LogP contribution is 2.54. The molecule has 1 unspecified atom stereocenters. The van der Waals surface area contributed by atoms with Crippen LogP contribution < -0.4 is 15.1 Å². The van der Waals surface area contributed by atoms with Crippen molar-refractivity contribution in [3.05, 3.63) is 41.5 Å². The Morgan fingerprint density at radius 2 is 1.66 bits per heavy atom. The molecular weight excluding hydrogens is 508 g/mol. The fourth-order valence-corrected chi connectivity index (χ4v) is 7.51. The van der Waals surface area contributed by atoms with Crippen molar-refractivity contribution in [2.75, 3.05) is 41.3 Å². The number of carbonyl (C=O) groups excluding carboxylic acids is 1. The van der Waals surface area contributed by atoms with Crippen molar-refractivity contribution >= 4 is 33.0 Å². The van der Waals surface area contributed by atoms with Crippen molar-refractivity contribution < 1.29 is 17.8 Å². The summed E-state index contributed by atoms with van der Waals surface area (Å²) in [6, 6.07) is 8.79. The van der Waals surface area contributed by atoms with Gasteiger partial charge in [0.2, 0.25) is 0 Å². The third-order valence-electron chi connectivity index (χ3n) is 8.70. The second kappa shape index (κ2) is 9.17. The molecule has 1 atom stereocenters. The number of alkyl halides is 2. The molecular formula is C28H35F2N5O2S. The summed E-state index contributed by atoms with van der Waals surface area (Å²) in [7, 11) is -2.90. The van der Waals surface area contributed by atoms with E-state index in [1.807, 2.05) is 17.9 Å². The van der Waals surface area contributed by atoms with E-state index in [1.54, 1.807) is 24.3 Å². The number of rotatable bonds is 6. The summed E-state index contributed by atoms with van der Waals surface area (Å²) >= 11 is 0. The Morgan fingerprint density at radius 1 is 1.00 bits per heavy atom. The van der Waals surface area contributed by atoms with Gasteiger partial charge >= 0.3 is 0 Å². The number of amides is 1. The Balaban J connectivity index is 1.27. The molecule has 204 valence electrons. The average molecular weight is 544 g/mol. The van der Waals surface area contributed by atoms with Crippen molar-refractivity contribution in [2.24, 2.45) is 5.41 Å². The average Bonchev–Trinajstić information content (AvgIpc) is 3.80. The van der Waals surface area contributed by atoms with Gasteiger partial charge in [-0.3, -0.25) is 4.79 Å². The van der Waals surface area contributed by atoms with E-state index in [2.05, 4.69) is 15.2 Å². The van der Waals surface area contributed by atoms with Gasteiger partial charge in [-0.2, -0.15) is 0 Å². The van der Waals surface area contributed by atoms with Crippen LogP contribution in [0.25, 0.3) is 0 Å². The second-order valence-electron chi connectivity index (χ2n) is 11.7. The number of benzene rings is 1. The number of pyridine rings is 1. The number of aromatic nitrogens is 1. The number of anilines is 3.